The van der Waals surface area contributed by atoms with Crippen LogP contribution < -0.4 is 20.1 Å². The zero-order chi connectivity index (χ0) is 45.4. The highest BCUT2D eigenvalue weighted by molar-refractivity contribution is 7.87. The van der Waals surface area contributed by atoms with Crippen LogP contribution >= 0.6 is 22.9 Å². The lowest BCUT2D eigenvalue weighted by molar-refractivity contribution is -0.141. The number of carbonyl (C=O) groups is 4. The number of nitrogens with one attached hydrogen (secondary N) is 3. The molecule has 1 saturated carbocycles. The van der Waals surface area contributed by atoms with E-state index < -0.39 is 69.3 Å². The summed E-state index contributed by atoms with van der Waals surface area (Å²) in [6.45, 7) is 9.15. The van der Waals surface area contributed by atoms with Crippen molar-refractivity contribution in [2.24, 2.45) is 5.92 Å². The quantitative estimate of drug-likeness (QED) is 0.154. The van der Waals surface area contributed by atoms with Crippen LogP contribution in [-0.2, 0) is 29.3 Å². The molecule has 2 fully saturated rings. The Kier molecular flexibility index (Phi) is 13.3. The van der Waals surface area contributed by atoms with E-state index in [0.29, 0.717) is 23.4 Å². The highest BCUT2D eigenvalue weighted by Crippen LogP contribution is 2.46. The molecule has 2 aromatic heterocycles. The monoisotopic (exact) mass is 922 g/mol. The molecule has 16 nitrogen and oxygen atoms in total. The number of rotatable bonds is 9. The third-order valence-corrected chi connectivity index (χ3v) is 13.9. The fraction of sp³-hybridized carbons (Fsp3) is 0.500. The number of thiazole rings is 1. The number of allylic oxidation sites excluding steroid dienone is 1. The van der Waals surface area contributed by atoms with E-state index in [-0.39, 0.29) is 37.9 Å². The minimum absolute atomic E-state index is 0.00994. The van der Waals surface area contributed by atoms with Crippen molar-refractivity contribution in [3.8, 4) is 27.8 Å². The Bertz CT molecular complexity index is 2520. The number of ether oxygens (including phenoxy) is 2. The van der Waals surface area contributed by atoms with Crippen molar-refractivity contribution >= 4 is 68.0 Å². The molecule has 0 radical (unpaired) electrons. The zero-order valence-corrected chi connectivity index (χ0v) is 38.9. The summed E-state index contributed by atoms with van der Waals surface area (Å²) in [5.74, 6) is -2.53. The van der Waals surface area contributed by atoms with Gasteiger partial charge in [-0.15, -0.1) is 11.3 Å². The van der Waals surface area contributed by atoms with Crippen molar-refractivity contribution < 1.29 is 37.1 Å². The van der Waals surface area contributed by atoms with Crippen LogP contribution in [0.1, 0.15) is 85.6 Å². The summed E-state index contributed by atoms with van der Waals surface area (Å²) in [6.07, 6.45) is 5.48. The minimum atomic E-state index is -4.19. The number of nitrogens with zero attached hydrogens (tertiary/aromatic N) is 5. The standard InChI is InChI=1S/C44H55ClN8O8S2/c1-26(2)53-34-17-13-15-31(38-46-33(25-62-38)27-18-20-29(45)21-19-27)36(34)48-41(53)60-30-22-35-37(54)49-44(40(56)50-63(58,59)51(6)7)23-28(44)14-11-9-8-10-12-16-32(39(55)52(35)24-30)47-42(57)61-43(3,4)5/h11,13-15,17-21,25-26,28,30,32,35H,8-10,12,16,22-24H2,1-7H3,(H,47,57)(H,49,54)(H,50,56)/b14-11-/t28-,30-,32+,35+,44-/m1/s1. The van der Waals surface area contributed by atoms with Crippen LogP contribution in [0.5, 0.6) is 6.01 Å². The number of hydrogen-bond donors (Lipinski definition) is 3. The van der Waals surface area contributed by atoms with Crippen LogP contribution in [0, 0.1) is 5.92 Å². The average molecular weight is 924 g/mol. The first kappa shape index (κ1) is 46.0. The first-order chi connectivity index (χ1) is 29.8. The van der Waals surface area contributed by atoms with Gasteiger partial charge in [0.2, 0.25) is 11.8 Å². The molecule has 3 aliphatic rings. The number of alkyl carbamates (subject to hydrolysis) is 1. The zero-order valence-electron chi connectivity index (χ0n) is 36.5. The Labute approximate surface area is 376 Å². The summed E-state index contributed by atoms with van der Waals surface area (Å²) in [4.78, 5) is 67.7. The summed E-state index contributed by atoms with van der Waals surface area (Å²) in [7, 11) is -1.61. The molecule has 1 aliphatic carbocycles. The molecular weight excluding hydrogens is 868 g/mol. The molecule has 4 heterocycles. The maximum Gasteiger partial charge on any atom is 0.408 e. The molecule has 0 unspecified atom stereocenters. The van der Waals surface area contributed by atoms with Crippen molar-refractivity contribution in [1.82, 2.24) is 39.1 Å². The van der Waals surface area contributed by atoms with Gasteiger partial charge in [0.15, 0.2) is 0 Å². The van der Waals surface area contributed by atoms with Gasteiger partial charge in [-0.3, -0.25) is 19.0 Å². The molecule has 4 amide bonds. The van der Waals surface area contributed by atoms with Crippen LogP contribution in [0.2, 0.25) is 5.02 Å². The molecular formula is C44H55ClN8O8S2. The summed E-state index contributed by atoms with van der Waals surface area (Å²) in [5, 5.41) is 9.01. The predicted molar refractivity (Wildman–Crippen MR) is 241 cm³/mol. The van der Waals surface area contributed by atoms with E-state index in [1.165, 1.54) is 30.3 Å². The summed E-state index contributed by atoms with van der Waals surface area (Å²) in [5.41, 5.74) is 1.59. The molecule has 0 bridgehead atoms. The number of carbonyl (C=O) groups excluding carboxylic acids is 4. The second-order valence-electron chi connectivity index (χ2n) is 17.8. The van der Waals surface area contributed by atoms with E-state index >= 15 is 0 Å². The van der Waals surface area contributed by atoms with Crippen molar-refractivity contribution in [3.63, 3.8) is 0 Å². The molecule has 3 N–H and O–H groups in total. The second kappa shape index (κ2) is 18.2. The third kappa shape index (κ3) is 10.2. The number of halogens is 1. The molecule has 1 saturated heterocycles. The number of imidazole rings is 1. The summed E-state index contributed by atoms with van der Waals surface area (Å²) < 4.78 is 42.9. The molecule has 2 aliphatic heterocycles. The van der Waals surface area contributed by atoms with E-state index in [0.717, 1.165) is 44.5 Å². The fourth-order valence-electron chi connectivity index (χ4n) is 8.06. The lowest BCUT2D eigenvalue weighted by Crippen LogP contribution is -2.58. The highest BCUT2D eigenvalue weighted by atomic mass is 35.5. The Morgan fingerprint density at radius 2 is 1.81 bits per heavy atom. The van der Waals surface area contributed by atoms with Gasteiger partial charge in [0, 0.05) is 54.0 Å². The minimum Gasteiger partial charge on any atom is -0.459 e. The Morgan fingerprint density at radius 1 is 1.06 bits per heavy atom. The lowest BCUT2D eigenvalue weighted by atomic mass is 10.0. The predicted octanol–water partition coefficient (Wildman–Crippen LogP) is 6.62. The van der Waals surface area contributed by atoms with Crippen molar-refractivity contribution in [3.05, 3.63) is 65.0 Å². The van der Waals surface area contributed by atoms with Gasteiger partial charge >= 0.3 is 16.3 Å². The normalized spacial score (nSPS) is 23.9. The van der Waals surface area contributed by atoms with E-state index in [2.05, 4.69) is 15.4 Å². The van der Waals surface area contributed by atoms with Gasteiger partial charge in [0.1, 0.15) is 39.9 Å². The van der Waals surface area contributed by atoms with E-state index in [1.54, 1.807) is 20.8 Å². The maximum absolute atomic E-state index is 14.7. The SMILES string of the molecule is CC(C)n1c(O[C@@H]2C[C@H]3C(=O)N[C@]4(C(=O)NS(=O)(=O)N(C)C)C[C@H]4/C=C\CCCCC[C@H](NC(=O)OC(C)(C)C)C(=O)N3C2)nc2c(-c3nc(-c4ccc(Cl)cc4)cs3)cccc21. The molecule has 7 rings (SSSR count). The first-order valence-electron chi connectivity index (χ1n) is 21.2. The van der Waals surface area contributed by atoms with Gasteiger partial charge < -0.3 is 25.0 Å². The maximum atomic E-state index is 14.7. The van der Waals surface area contributed by atoms with Gasteiger partial charge in [-0.2, -0.15) is 17.7 Å². The van der Waals surface area contributed by atoms with Gasteiger partial charge in [-0.25, -0.2) is 14.5 Å². The van der Waals surface area contributed by atoms with E-state index in [1.807, 2.05) is 78.4 Å². The van der Waals surface area contributed by atoms with Gasteiger partial charge in [-0.1, -0.05) is 54.8 Å². The molecule has 2 aromatic carbocycles. The largest absolute Gasteiger partial charge is 0.459 e. The van der Waals surface area contributed by atoms with Gasteiger partial charge in [0.05, 0.1) is 17.8 Å². The number of fused-ring (bicyclic) bond motifs is 3. The van der Waals surface area contributed by atoms with E-state index in [9.17, 15) is 27.6 Å². The van der Waals surface area contributed by atoms with Crippen molar-refractivity contribution in [2.75, 3.05) is 20.6 Å². The lowest BCUT2D eigenvalue weighted by Gasteiger charge is -2.30. The fourth-order valence-corrected chi connectivity index (χ4v) is 9.64. The van der Waals surface area contributed by atoms with Crippen LogP contribution in [0.25, 0.3) is 32.9 Å². The van der Waals surface area contributed by atoms with Crippen LogP contribution in [0.3, 0.4) is 0 Å². The highest BCUT2D eigenvalue weighted by Gasteiger charge is 2.62. The van der Waals surface area contributed by atoms with Crippen molar-refractivity contribution in [2.45, 2.75) is 115 Å². The topological polar surface area (TPSA) is 194 Å². The number of aromatic nitrogens is 3. The molecule has 63 heavy (non-hydrogen) atoms. The van der Waals surface area contributed by atoms with E-state index in [4.69, 9.17) is 31.0 Å². The van der Waals surface area contributed by atoms with Crippen LogP contribution in [-0.4, -0.2) is 106 Å². The molecule has 19 heteroatoms. The van der Waals surface area contributed by atoms with Crippen molar-refractivity contribution in [1.29, 1.82) is 0 Å². The van der Waals surface area contributed by atoms with Gasteiger partial charge in [-0.05, 0) is 84.6 Å². The smallest absolute Gasteiger partial charge is 0.408 e. The van der Waals surface area contributed by atoms with Gasteiger partial charge in [0.25, 0.3) is 11.9 Å². The molecule has 5 atom stereocenters. The number of para-hydroxylation sites is 1. The summed E-state index contributed by atoms with van der Waals surface area (Å²) in [6, 6.07) is 11.3. The van der Waals surface area contributed by atoms with Crippen LogP contribution in [0.4, 0.5) is 4.79 Å². The molecule has 338 valence electrons. The number of amides is 4. The number of benzene rings is 2. The second-order valence-corrected chi connectivity index (χ2v) is 21.0. The average Bonchev–Trinajstić information content (AvgIpc) is 3.55. The Balaban J connectivity index is 1.23. The Morgan fingerprint density at radius 3 is 2.51 bits per heavy atom. The Hall–Kier alpha value is -5.04. The summed E-state index contributed by atoms with van der Waals surface area (Å²) >= 11 is 7.62. The number of hydrogen-bond acceptors (Lipinski definition) is 11. The third-order valence-electron chi connectivity index (χ3n) is 11.4. The molecule has 4 aromatic rings. The molecule has 0 spiro atoms. The van der Waals surface area contributed by atoms with Crippen LogP contribution in [0.15, 0.2) is 60.0 Å². The first-order valence-corrected chi connectivity index (χ1v) is 23.9.